The van der Waals surface area contributed by atoms with E-state index in [-0.39, 0.29) is 12.1 Å². The van der Waals surface area contributed by atoms with Crippen LogP contribution in [-0.4, -0.2) is 12.1 Å². The Morgan fingerprint density at radius 1 is 1.00 bits per heavy atom. The topological polar surface area (TPSA) is 26.3 Å². The average molecular weight is 222 g/mol. The number of esters is 1. The monoisotopic (exact) mass is 222 g/mol. The van der Waals surface area contributed by atoms with Gasteiger partial charge in [-0.25, -0.2) is 0 Å². The predicted octanol–water partition coefficient (Wildman–Crippen LogP) is 3.75. The van der Waals surface area contributed by atoms with Crippen molar-refractivity contribution in [3.63, 3.8) is 0 Å². The zero-order chi connectivity index (χ0) is 11.2. The molecule has 0 spiro atoms. The van der Waals surface area contributed by atoms with E-state index in [4.69, 9.17) is 4.74 Å². The molecule has 1 unspecified atom stereocenters. The molecule has 0 bridgehead atoms. The van der Waals surface area contributed by atoms with Gasteiger partial charge in [0.1, 0.15) is 6.10 Å². The van der Waals surface area contributed by atoms with Crippen molar-refractivity contribution in [3.05, 3.63) is 11.6 Å². The van der Waals surface area contributed by atoms with Gasteiger partial charge in [-0.3, -0.25) is 4.79 Å². The molecule has 0 saturated carbocycles. The van der Waals surface area contributed by atoms with Gasteiger partial charge < -0.3 is 4.74 Å². The van der Waals surface area contributed by atoms with E-state index < -0.39 is 0 Å². The number of hydrogen-bond acceptors (Lipinski definition) is 2. The summed E-state index contributed by atoms with van der Waals surface area (Å²) in [5.41, 5.74) is 1.40. The molecule has 2 nitrogen and oxygen atoms in total. The Bertz CT molecular complexity index is 268. The zero-order valence-corrected chi connectivity index (χ0v) is 10.0. The zero-order valence-electron chi connectivity index (χ0n) is 10.0. The highest BCUT2D eigenvalue weighted by Gasteiger charge is 2.21. The van der Waals surface area contributed by atoms with Crippen molar-refractivity contribution in [2.75, 3.05) is 0 Å². The lowest BCUT2D eigenvalue weighted by molar-refractivity contribution is -0.146. The molecule has 0 aromatic heterocycles. The van der Waals surface area contributed by atoms with Crippen molar-refractivity contribution in [1.29, 1.82) is 0 Å². The minimum atomic E-state index is 0.00506. The van der Waals surface area contributed by atoms with Crippen LogP contribution in [-0.2, 0) is 9.53 Å². The number of hydrogen-bond donors (Lipinski definition) is 0. The van der Waals surface area contributed by atoms with E-state index in [0.717, 1.165) is 25.7 Å². The van der Waals surface area contributed by atoms with E-state index in [1.54, 1.807) is 0 Å². The molecule has 1 saturated heterocycles. The maximum atomic E-state index is 11.4. The smallest absolute Gasteiger partial charge is 0.306 e. The van der Waals surface area contributed by atoms with Gasteiger partial charge >= 0.3 is 5.97 Å². The average Bonchev–Trinajstić information content (AvgIpc) is 2.42. The second-order valence-electron chi connectivity index (χ2n) is 4.96. The lowest BCUT2D eigenvalue weighted by atomic mass is 9.94. The molecule has 1 atom stereocenters. The molecule has 0 amide bonds. The Labute approximate surface area is 98.1 Å². The molecule has 1 aliphatic carbocycles. The SMILES string of the molecule is O=C1CCCCC(/C2=C/CCCCCC2)O1. The van der Waals surface area contributed by atoms with E-state index in [9.17, 15) is 4.79 Å². The van der Waals surface area contributed by atoms with Crippen LogP contribution in [0.3, 0.4) is 0 Å². The minimum absolute atomic E-state index is 0.00506. The van der Waals surface area contributed by atoms with E-state index in [1.807, 2.05) is 0 Å². The number of allylic oxidation sites excluding steroid dienone is 1. The van der Waals surface area contributed by atoms with Crippen LogP contribution in [0, 0.1) is 0 Å². The van der Waals surface area contributed by atoms with Gasteiger partial charge in [0.25, 0.3) is 0 Å². The molecule has 2 rings (SSSR count). The molecular formula is C14H22O2. The van der Waals surface area contributed by atoms with Gasteiger partial charge in [-0.2, -0.15) is 0 Å². The molecule has 16 heavy (non-hydrogen) atoms. The molecule has 2 heteroatoms. The van der Waals surface area contributed by atoms with Crippen LogP contribution < -0.4 is 0 Å². The summed E-state index contributed by atoms with van der Waals surface area (Å²) in [5, 5.41) is 0. The first-order chi connectivity index (χ1) is 7.86. The molecule has 0 radical (unpaired) electrons. The fourth-order valence-electron chi connectivity index (χ4n) is 2.65. The molecule has 1 aliphatic heterocycles. The fraction of sp³-hybridized carbons (Fsp3) is 0.786. The Morgan fingerprint density at radius 2 is 1.81 bits per heavy atom. The molecule has 1 heterocycles. The first-order valence-corrected chi connectivity index (χ1v) is 6.74. The molecular weight excluding hydrogens is 200 g/mol. The van der Waals surface area contributed by atoms with Crippen LogP contribution in [0.25, 0.3) is 0 Å². The Hall–Kier alpha value is -0.790. The van der Waals surface area contributed by atoms with Gasteiger partial charge in [0, 0.05) is 6.42 Å². The Morgan fingerprint density at radius 3 is 2.75 bits per heavy atom. The Balaban J connectivity index is 1.99. The largest absolute Gasteiger partial charge is 0.458 e. The predicted molar refractivity (Wildman–Crippen MR) is 64.1 cm³/mol. The minimum Gasteiger partial charge on any atom is -0.458 e. The van der Waals surface area contributed by atoms with Crippen LogP contribution in [0.5, 0.6) is 0 Å². The van der Waals surface area contributed by atoms with Crippen molar-refractivity contribution in [2.24, 2.45) is 0 Å². The van der Waals surface area contributed by atoms with Gasteiger partial charge in [-0.15, -0.1) is 0 Å². The number of cyclic esters (lactones) is 1. The number of rotatable bonds is 1. The van der Waals surface area contributed by atoms with Crippen LogP contribution in [0.2, 0.25) is 0 Å². The molecule has 2 aliphatic rings. The van der Waals surface area contributed by atoms with Gasteiger partial charge in [-0.05, 0) is 50.5 Å². The Kier molecular flexibility index (Phi) is 4.44. The van der Waals surface area contributed by atoms with Crippen LogP contribution >= 0.6 is 0 Å². The standard InChI is InChI=1S/C14H22O2/c15-14-11-7-6-10-13(16-14)12-8-4-2-1-3-5-9-12/h8,13H,1-7,9-11H2/b12-8+. The highest BCUT2D eigenvalue weighted by atomic mass is 16.5. The third-order valence-corrected chi connectivity index (χ3v) is 3.61. The van der Waals surface area contributed by atoms with Gasteiger partial charge in [0.15, 0.2) is 0 Å². The maximum absolute atomic E-state index is 11.4. The van der Waals surface area contributed by atoms with Crippen molar-refractivity contribution in [3.8, 4) is 0 Å². The van der Waals surface area contributed by atoms with Crippen molar-refractivity contribution >= 4 is 5.97 Å². The van der Waals surface area contributed by atoms with E-state index in [2.05, 4.69) is 6.08 Å². The summed E-state index contributed by atoms with van der Waals surface area (Å²) in [7, 11) is 0. The van der Waals surface area contributed by atoms with E-state index in [1.165, 1.54) is 37.7 Å². The lowest BCUT2D eigenvalue weighted by Crippen LogP contribution is -2.18. The summed E-state index contributed by atoms with van der Waals surface area (Å²) in [4.78, 5) is 11.4. The van der Waals surface area contributed by atoms with Gasteiger partial charge in [0.2, 0.25) is 0 Å². The third kappa shape index (κ3) is 3.36. The third-order valence-electron chi connectivity index (χ3n) is 3.61. The maximum Gasteiger partial charge on any atom is 0.306 e. The highest BCUT2D eigenvalue weighted by Crippen LogP contribution is 2.26. The van der Waals surface area contributed by atoms with Crippen molar-refractivity contribution in [2.45, 2.75) is 70.3 Å². The molecule has 90 valence electrons. The first-order valence-electron chi connectivity index (χ1n) is 6.74. The van der Waals surface area contributed by atoms with Crippen molar-refractivity contribution in [1.82, 2.24) is 0 Å². The fourth-order valence-corrected chi connectivity index (χ4v) is 2.65. The van der Waals surface area contributed by atoms with Gasteiger partial charge in [-0.1, -0.05) is 18.9 Å². The van der Waals surface area contributed by atoms with Crippen LogP contribution in [0.1, 0.15) is 64.2 Å². The molecule has 1 fully saturated rings. The molecule has 0 aromatic carbocycles. The summed E-state index contributed by atoms with van der Waals surface area (Å²) < 4.78 is 5.54. The first kappa shape index (κ1) is 11.7. The summed E-state index contributed by atoms with van der Waals surface area (Å²) in [6.07, 6.45) is 13.8. The summed E-state index contributed by atoms with van der Waals surface area (Å²) in [6.45, 7) is 0. The second-order valence-corrected chi connectivity index (χ2v) is 4.96. The number of carbonyl (C=O) groups excluding carboxylic acids is 1. The summed E-state index contributed by atoms with van der Waals surface area (Å²) >= 11 is 0. The molecule has 0 aromatic rings. The normalized spacial score (nSPS) is 31.6. The van der Waals surface area contributed by atoms with Gasteiger partial charge in [0.05, 0.1) is 0 Å². The second kappa shape index (κ2) is 6.07. The molecule has 0 N–H and O–H groups in total. The van der Waals surface area contributed by atoms with E-state index >= 15 is 0 Å². The summed E-state index contributed by atoms with van der Waals surface area (Å²) in [6, 6.07) is 0. The summed E-state index contributed by atoms with van der Waals surface area (Å²) in [5.74, 6) is 0.00506. The lowest BCUT2D eigenvalue weighted by Gasteiger charge is -2.20. The quantitative estimate of drug-likeness (QED) is 0.499. The van der Waals surface area contributed by atoms with Crippen LogP contribution in [0.15, 0.2) is 11.6 Å². The number of carbonyl (C=O) groups is 1. The highest BCUT2D eigenvalue weighted by molar-refractivity contribution is 5.70. The van der Waals surface area contributed by atoms with Crippen molar-refractivity contribution < 1.29 is 9.53 Å². The van der Waals surface area contributed by atoms with Crippen LogP contribution in [0.4, 0.5) is 0 Å². The van der Waals surface area contributed by atoms with E-state index in [0.29, 0.717) is 6.42 Å². The number of ether oxygens (including phenoxy) is 1.